The molecule has 0 heterocycles. The van der Waals surface area contributed by atoms with E-state index in [1.54, 1.807) is 18.2 Å². The Morgan fingerprint density at radius 3 is 2.40 bits per heavy atom. The molecule has 0 atom stereocenters. The van der Waals surface area contributed by atoms with Gasteiger partial charge in [-0.05, 0) is 31.0 Å². The molecule has 4 nitrogen and oxygen atoms in total. The summed E-state index contributed by atoms with van der Waals surface area (Å²) in [6, 6.07) is 6.38. The van der Waals surface area contributed by atoms with E-state index in [0.29, 0.717) is 24.9 Å². The van der Waals surface area contributed by atoms with Crippen LogP contribution in [-0.4, -0.2) is 70.9 Å². The zero-order valence-electron chi connectivity index (χ0n) is 8.68. The Kier molecular flexibility index (Phi) is 7.48. The van der Waals surface area contributed by atoms with Crippen molar-refractivity contribution in [2.24, 2.45) is 5.73 Å². The van der Waals surface area contributed by atoms with Crippen molar-refractivity contribution in [2.45, 2.75) is 17.7 Å². The van der Waals surface area contributed by atoms with Crippen LogP contribution in [0.2, 0.25) is 0 Å². The third-order valence-electron chi connectivity index (χ3n) is 1.90. The molecule has 0 saturated heterocycles. The molecule has 3 N–H and O–H groups in total. The van der Waals surface area contributed by atoms with E-state index < -0.39 is 10.1 Å². The maximum atomic E-state index is 10.9. The van der Waals surface area contributed by atoms with Crippen molar-refractivity contribution in [2.75, 3.05) is 6.54 Å². The van der Waals surface area contributed by atoms with Crippen LogP contribution in [0.15, 0.2) is 29.2 Å². The molecule has 0 aromatic heterocycles. The fourth-order valence-electron chi connectivity index (χ4n) is 1.25. The molecule has 0 aliphatic heterocycles. The van der Waals surface area contributed by atoms with E-state index in [-0.39, 0.29) is 56.3 Å². The smallest absolute Gasteiger partial charge is 0.294 e. The van der Waals surface area contributed by atoms with Gasteiger partial charge in [0, 0.05) is 51.4 Å². The number of hydrogen-bond donors (Lipinski definition) is 2. The van der Waals surface area contributed by atoms with Crippen LogP contribution in [0, 0.1) is 0 Å². The molecule has 0 unspecified atom stereocenters. The zero-order valence-corrected chi connectivity index (χ0v) is 12.6. The predicted molar refractivity (Wildman–Crippen MR) is 59.4 cm³/mol. The number of nitrogens with two attached hydrogens (primary N) is 1. The Balaban J connectivity index is 0.00000196. The molecule has 0 bridgehead atoms. The molecule has 0 aliphatic rings. The molecular weight excluding hydrogens is 241 g/mol. The fourth-order valence-corrected chi connectivity index (χ4v) is 2.01. The second-order valence-electron chi connectivity index (χ2n) is 2.98. The van der Waals surface area contributed by atoms with Gasteiger partial charge in [-0.2, -0.15) is 8.42 Å². The van der Waals surface area contributed by atoms with E-state index >= 15 is 0 Å². The first-order chi connectivity index (χ1) is 6.55. The summed E-state index contributed by atoms with van der Waals surface area (Å²) in [5.74, 6) is 0. The minimum Gasteiger partial charge on any atom is -0.330 e. The van der Waals surface area contributed by atoms with Gasteiger partial charge < -0.3 is 5.73 Å². The second-order valence-corrected chi connectivity index (χ2v) is 4.36. The first kappa shape index (κ1) is 15.7. The maximum Gasteiger partial charge on any atom is 0.294 e. The topological polar surface area (TPSA) is 80.4 Å². The number of rotatable bonds is 4. The summed E-state index contributed by atoms with van der Waals surface area (Å²) in [7, 11) is -4.10. The van der Waals surface area contributed by atoms with Crippen LogP contribution in [0.1, 0.15) is 12.0 Å². The van der Waals surface area contributed by atoms with E-state index in [2.05, 4.69) is 0 Å². The minimum absolute atomic E-state index is 0. The Hall–Kier alpha value is 0.726. The van der Waals surface area contributed by atoms with Crippen molar-refractivity contribution >= 4 is 61.5 Å². The largest absolute Gasteiger partial charge is 0.330 e. The van der Waals surface area contributed by atoms with Gasteiger partial charge in [0.25, 0.3) is 10.1 Å². The van der Waals surface area contributed by atoms with Crippen molar-refractivity contribution in [3.8, 4) is 0 Å². The van der Waals surface area contributed by atoms with Gasteiger partial charge in [-0.3, -0.25) is 4.55 Å². The summed E-state index contributed by atoms with van der Waals surface area (Å²) < 4.78 is 30.8. The monoisotopic (exact) mass is 254 g/mol. The molecule has 15 heavy (non-hydrogen) atoms. The SMILES string of the molecule is NCCCc1ccccc1S(=O)(=O)O.[K]. The third-order valence-corrected chi connectivity index (χ3v) is 2.85. The predicted octanol–water partition coefficient (Wildman–Crippen LogP) is 0.444. The van der Waals surface area contributed by atoms with E-state index in [4.69, 9.17) is 10.3 Å². The first-order valence-electron chi connectivity index (χ1n) is 4.31. The standard InChI is InChI=1S/C9H13NO3S.K/c10-7-3-5-8-4-1-2-6-9(8)14(11,12)13;/h1-2,4,6H,3,5,7,10H2,(H,11,12,13);. The summed E-state index contributed by atoms with van der Waals surface area (Å²) in [4.78, 5) is -0.0200. The Morgan fingerprint density at radius 1 is 1.27 bits per heavy atom. The van der Waals surface area contributed by atoms with Gasteiger partial charge in [0.1, 0.15) is 0 Å². The molecule has 6 heteroatoms. The molecule has 0 spiro atoms. The van der Waals surface area contributed by atoms with Gasteiger partial charge in [-0.1, -0.05) is 18.2 Å². The van der Waals surface area contributed by atoms with Gasteiger partial charge in [-0.15, -0.1) is 0 Å². The summed E-state index contributed by atoms with van der Waals surface area (Å²) in [5.41, 5.74) is 5.94. The normalized spacial score (nSPS) is 10.8. The van der Waals surface area contributed by atoms with Crippen LogP contribution in [0.3, 0.4) is 0 Å². The molecule has 1 radical (unpaired) electrons. The average Bonchev–Trinajstić information content (AvgIpc) is 2.14. The molecule has 0 amide bonds. The van der Waals surface area contributed by atoms with E-state index in [1.165, 1.54) is 6.07 Å². The number of hydrogen-bond acceptors (Lipinski definition) is 3. The van der Waals surface area contributed by atoms with Crippen molar-refractivity contribution in [1.29, 1.82) is 0 Å². The summed E-state index contributed by atoms with van der Waals surface area (Å²) in [6.45, 7) is 0.500. The van der Waals surface area contributed by atoms with Gasteiger partial charge in [0.05, 0.1) is 4.90 Å². The molecule has 1 aromatic rings. The van der Waals surface area contributed by atoms with Crippen LogP contribution in [0.25, 0.3) is 0 Å². The molecule has 0 saturated carbocycles. The van der Waals surface area contributed by atoms with Crippen molar-refractivity contribution in [3.63, 3.8) is 0 Å². The van der Waals surface area contributed by atoms with E-state index in [0.717, 1.165) is 0 Å². The van der Waals surface area contributed by atoms with Crippen molar-refractivity contribution in [3.05, 3.63) is 29.8 Å². The maximum absolute atomic E-state index is 10.9. The van der Waals surface area contributed by atoms with E-state index in [9.17, 15) is 8.42 Å². The van der Waals surface area contributed by atoms with Gasteiger partial charge in [-0.25, -0.2) is 0 Å². The van der Waals surface area contributed by atoms with Gasteiger partial charge in [0.15, 0.2) is 0 Å². The Bertz CT molecular complexity index is 406. The molecule has 1 aromatic carbocycles. The summed E-state index contributed by atoms with van der Waals surface area (Å²) in [5, 5.41) is 0. The Labute approximate surface area is 132 Å². The van der Waals surface area contributed by atoms with Crippen LogP contribution < -0.4 is 5.73 Å². The van der Waals surface area contributed by atoms with Crippen LogP contribution in [0.5, 0.6) is 0 Å². The molecule has 1 rings (SSSR count). The summed E-state index contributed by atoms with van der Waals surface area (Å²) in [6.07, 6.45) is 1.26. The number of aryl methyl sites for hydroxylation is 1. The van der Waals surface area contributed by atoms with Crippen molar-refractivity contribution in [1.82, 2.24) is 0 Å². The molecule has 79 valence electrons. The van der Waals surface area contributed by atoms with Crippen LogP contribution in [0.4, 0.5) is 0 Å². The Morgan fingerprint density at radius 2 is 1.87 bits per heavy atom. The molecular formula is C9H13KNO3S. The summed E-state index contributed by atoms with van der Waals surface area (Å²) >= 11 is 0. The molecule has 0 fully saturated rings. The average molecular weight is 254 g/mol. The quantitative estimate of drug-likeness (QED) is 0.603. The first-order valence-corrected chi connectivity index (χ1v) is 5.75. The van der Waals surface area contributed by atoms with Crippen LogP contribution >= 0.6 is 0 Å². The van der Waals surface area contributed by atoms with Gasteiger partial charge >= 0.3 is 0 Å². The van der Waals surface area contributed by atoms with Gasteiger partial charge in [0.2, 0.25) is 0 Å². The zero-order chi connectivity index (χ0) is 10.6. The third kappa shape index (κ3) is 5.05. The minimum atomic E-state index is -4.10. The van der Waals surface area contributed by atoms with E-state index in [1.807, 2.05) is 0 Å². The number of benzene rings is 1. The molecule has 0 aliphatic carbocycles. The van der Waals surface area contributed by atoms with Crippen LogP contribution in [-0.2, 0) is 16.5 Å². The van der Waals surface area contributed by atoms with Crippen molar-refractivity contribution < 1.29 is 13.0 Å². The fraction of sp³-hybridized carbons (Fsp3) is 0.333. The second kappa shape index (κ2) is 7.13.